The van der Waals surface area contributed by atoms with Crippen LogP contribution in [-0.2, 0) is 4.79 Å². The van der Waals surface area contributed by atoms with Gasteiger partial charge in [-0.05, 0) is 49.0 Å². The Balaban J connectivity index is 1.97. The summed E-state index contributed by atoms with van der Waals surface area (Å²) in [4.78, 5) is 25.4. The number of hydrogen-bond donors (Lipinski definition) is 2. The maximum Gasteiger partial charge on any atom is 0.269 e. The van der Waals surface area contributed by atoms with Gasteiger partial charge < -0.3 is 20.3 Å². The first-order valence-corrected chi connectivity index (χ1v) is 9.17. The van der Waals surface area contributed by atoms with Crippen LogP contribution < -0.4 is 15.4 Å². The van der Waals surface area contributed by atoms with Crippen LogP contribution in [-0.4, -0.2) is 35.0 Å². The van der Waals surface area contributed by atoms with E-state index in [1.807, 2.05) is 6.92 Å². The molecule has 150 valence electrons. The highest BCUT2D eigenvalue weighted by molar-refractivity contribution is 7.80. The SMILES string of the molecule is COc1cccc(NC(=O)C2=C(C)N(C)C(=S)NC2c2ccc([N+](=O)[O-])cc2)c1. The Hall–Kier alpha value is -3.46. The number of nitrogens with one attached hydrogen (secondary N) is 2. The van der Waals surface area contributed by atoms with Crippen LogP contribution in [0.3, 0.4) is 0 Å². The third-order valence-corrected chi connectivity index (χ3v) is 5.16. The standard InChI is InChI=1S/C20H20N4O4S/c1-12-17(19(25)21-14-5-4-6-16(11-14)28-3)18(22-20(29)23(12)2)13-7-9-15(10-8-13)24(26)27/h4-11,18H,1-3H3,(H,21,25)(H,22,29). The molecule has 1 aliphatic rings. The molecule has 8 nitrogen and oxygen atoms in total. The Morgan fingerprint density at radius 3 is 2.59 bits per heavy atom. The van der Waals surface area contributed by atoms with Gasteiger partial charge in [-0.3, -0.25) is 14.9 Å². The molecule has 1 unspecified atom stereocenters. The van der Waals surface area contributed by atoms with Gasteiger partial charge in [-0.25, -0.2) is 0 Å². The van der Waals surface area contributed by atoms with Crippen LogP contribution in [0.1, 0.15) is 18.5 Å². The molecular formula is C20H20N4O4S. The second kappa shape index (κ2) is 8.27. The van der Waals surface area contributed by atoms with Crippen LogP contribution in [0.25, 0.3) is 0 Å². The molecule has 0 spiro atoms. The van der Waals surface area contributed by atoms with E-state index in [1.54, 1.807) is 55.5 Å². The van der Waals surface area contributed by atoms with E-state index in [4.69, 9.17) is 17.0 Å². The number of carbonyl (C=O) groups excluding carboxylic acids is 1. The van der Waals surface area contributed by atoms with Crippen molar-refractivity contribution in [2.24, 2.45) is 0 Å². The quantitative estimate of drug-likeness (QED) is 0.441. The molecule has 0 aromatic heterocycles. The molecule has 2 aromatic carbocycles. The van der Waals surface area contributed by atoms with Crippen molar-refractivity contribution in [3.8, 4) is 5.75 Å². The number of carbonyl (C=O) groups is 1. The van der Waals surface area contributed by atoms with E-state index >= 15 is 0 Å². The van der Waals surface area contributed by atoms with Gasteiger partial charge in [-0.2, -0.15) is 0 Å². The second-order valence-corrected chi connectivity index (χ2v) is 6.86. The number of nitrogens with zero attached hydrogens (tertiary/aromatic N) is 2. The lowest BCUT2D eigenvalue weighted by atomic mass is 9.94. The van der Waals surface area contributed by atoms with Crippen LogP contribution >= 0.6 is 12.2 Å². The number of nitro groups is 1. The van der Waals surface area contributed by atoms with E-state index in [-0.39, 0.29) is 11.6 Å². The fourth-order valence-corrected chi connectivity index (χ4v) is 3.32. The zero-order chi connectivity index (χ0) is 21.1. The van der Waals surface area contributed by atoms with Crippen LogP contribution in [0.5, 0.6) is 5.75 Å². The van der Waals surface area contributed by atoms with Gasteiger partial charge in [0, 0.05) is 36.6 Å². The molecule has 9 heteroatoms. The molecule has 0 aliphatic carbocycles. The number of hydrogen-bond acceptors (Lipinski definition) is 5. The molecule has 1 atom stereocenters. The van der Waals surface area contributed by atoms with Gasteiger partial charge in [-0.1, -0.05) is 6.07 Å². The van der Waals surface area contributed by atoms with E-state index < -0.39 is 11.0 Å². The van der Waals surface area contributed by atoms with E-state index in [0.717, 1.165) is 0 Å². The molecule has 0 fully saturated rings. The number of allylic oxidation sites excluding steroid dienone is 1. The largest absolute Gasteiger partial charge is 0.497 e. The summed E-state index contributed by atoms with van der Waals surface area (Å²) >= 11 is 5.38. The Morgan fingerprint density at radius 1 is 1.28 bits per heavy atom. The van der Waals surface area contributed by atoms with Gasteiger partial charge >= 0.3 is 0 Å². The molecule has 1 amide bonds. The van der Waals surface area contributed by atoms with E-state index in [2.05, 4.69) is 10.6 Å². The van der Waals surface area contributed by atoms with Crippen molar-refractivity contribution in [3.05, 3.63) is 75.5 Å². The number of non-ortho nitro benzene ring substituents is 1. The molecule has 3 rings (SSSR count). The van der Waals surface area contributed by atoms with Crippen LogP contribution in [0.4, 0.5) is 11.4 Å². The predicted molar refractivity (Wildman–Crippen MR) is 114 cm³/mol. The first-order valence-electron chi connectivity index (χ1n) is 8.76. The number of ether oxygens (including phenoxy) is 1. The molecule has 1 aliphatic heterocycles. The Bertz CT molecular complexity index is 1000. The highest BCUT2D eigenvalue weighted by Gasteiger charge is 2.32. The summed E-state index contributed by atoms with van der Waals surface area (Å²) < 4.78 is 5.20. The molecule has 0 saturated carbocycles. The summed E-state index contributed by atoms with van der Waals surface area (Å²) in [7, 11) is 3.33. The summed E-state index contributed by atoms with van der Waals surface area (Å²) in [6, 6.07) is 12.6. The number of methoxy groups -OCH3 is 1. The minimum atomic E-state index is -0.537. The van der Waals surface area contributed by atoms with Gasteiger partial charge in [0.05, 0.1) is 23.6 Å². The fourth-order valence-electron chi connectivity index (χ4n) is 3.07. The molecule has 0 bridgehead atoms. The zero-order valence-electron chi connectivity index (χ0n) is 16.1. The Labute approximate surface area is 173 Å². The van der Waals surface area contributed by atoms with Crippen LogP contribution in [0.15, 0.2) is 59.8 Å². The summed E-state index contributed by atoms with van der Waals surface area (Å²) in [5, 5.41) is 17.4. The fraction of sp³-hybridized carbons (Fsp3) is 0.200. The van der Waals surface area contributed by atoms with Crippen LogP contribution in [0.2, 0.25) is 0 Å². The van der Waals surface area contributed by atoms with E-state index in [9.17, 15) is 14.9 Å². The number of thiocarbonyl (C=S) groups is 1. The van der Waals surface area contributed by atoms with Crippen molar-refractivity contribution >= 4 is 34.6 Å². The lowest BCUT2D eigenvalue weighted by molar-refractivity contribution is -0.384. The van der Waals surface area contributed by atoms with Crippen molar-refractivity contribution in [3.63, 3.8) is 0 Å². The maximum absolute atomic E-state index is 13.2. The third-order valence-electron chi connectivity index (χ3n) is 4.76. The van der Waals surface area contributed by atoms with Crippen molar-refractivity contribution in [2.75, 3.05) is 19.5 Å². The van der Waals surface area contributed by atoms with Crippen LogP contribution in [0, 0.1) is 10.1 Å². The van der Waals surface area contributed by atoms with Gasteiger partial charge in [0.15, 0.2) is 5.11 Å². The number of anilines is 1. The minimum absolute atomic E-state index is 0.0210. The third kappa shape index (κ3) is 4.19. The van der Waals surface area contributed by atoms with Crippen molar-refractivity contribution in [2.45, 2.75) is 13.0 Å². The molecule has 0 saturated heterocycles. The lowest BCUT2D eigenvalue weighted by Gasteiger charge is -2.35. The predicted octanol–water partition coefficient (Wildman–Crippen LogP) is 3.38. The van der Waals surface area contributed by atoms with Crippen molar-refractivity contribution in [1.82, 2.24) is 10.2 Å². The molecule has 2 N–H and O–H groups in total. The minimum Gasteiger partial charge on any atom is -0.497 e. The zero-order valence-corrected chi connectivity index (χ0v) is 16.9. The second-order valence-electron chi connectivity index (χ2n) is 6.48. The molecule has 2 aromatic rings. The number of amides is 1. The molecule has 29 heavy (non-hydrogen) atoms. The highest BCUT2D eigenvalue weighted by atomic mass is 32.1. The highest BCUT2D eigenvalue weighted by Crippen LogP contribution is 2.32. The van der Waals surface area contributed by atoms with Crippen molar-refractivity contribution < 1.29 is 14.5 Å². The van der Waals surface area contributed by atoms with E-state index in [1.165, 1.54) is 12.1 Å². The van der Waals surface area contributed by atoms with Gasteiger partial charge in [-0.15, -0.1) is 0 Å². The monoisotopic (exact) mass is 412 g/mol. The topological polar surface area (TPSA) is 96.7 Å². The molecule has 1 heterocycles. The summed E-state index contributed by atoms with van der Waals surface area (Å²) in [6.07, 6.45) is 0. The van der Waals surface area contributed by atoms with Crippen molar-refractivity contribution in [1.29, 1.82) is 0 Å². The average molecular weight is 412 g/mol. The Kier molecular flexibility index (Phi) is 5.79. The van der Waals surface area contributed by atoms with Gasteiger partial charge in [0.2, 0.25) is 0 Å². The maximum atomic E-state index is 13.2. The number of rotatable bonds is 5. The van der Waals surface area contributed by atoms with Gasteiger partial charge in [0.1, 0.15) is 5.75 Å². The number of benzene rings is 2. The summed E-state index contributed by atoms with van der Waals surface area (Å²) in [5.41, 5.74) is 2.43. The summed E-state index contributed by atoms with van der Waals surface area (Å²) in [6.45, 7) is 1.81. The normalized spacial score (nSPS) is 16.3. The Morgan fingerprint density at radius 2 is 1.97 bits per heavy atom. The molecular weight excluding hydrogens is 392 g/mol. The first-order chi connectivity index (χ1) is 13.8. The summed E-state index contributed by atoms with van der Waals surface area (Å²) in [5.74, 6) is 0.321. The van der Waals surface area contributed by atoms with Gasteiger partial charge in [0.25, 0.3) is 11.6 Å². The average Bonchev–Trinajstić information content (AvgIpc) is 2.71. The lowest BCUT2D eigenvalue weighted by Crippen LogP contribution is -2.46. The van der Waals surface area contributed by atoms with E-state index in [0.29, 0.717) is 33.4 Å². The smallest absolute Gasteiger partial charge is 0.269 e. The first kappa shape index (κ1) is 20.3. The molecule has 0 radical (unpaired) electrons. The number of nitro benzene ring substituents is 1.